The van der Waals surface area contributed by atoms with E-state index in [2.05, 4.69) is 15.9 Å². The lowest BCUT2D eigenvalue weighted by atomic mass is 10.00. The molecule has 5 heteroatoms. The second-order valence-electron chi connectivity index (χ2n) is 3.88. The molecule has 1 aliphatic rings. The predicted molar refractivity (Wildman–Crippen MR) is 65.6 cm³/mol. The molecule has 17 heavy (non-hydrogen) atoms. The summed E-state index contributed by atoms with van der Waals surface area (Å²) in [5.74, 6) is -0.552. The van der Waals surface area contributed by atoms with Crippen molar-refractivity contribution in [2.75, 3.05) is 13.2 Å². The number of ether oxygens (including phenoxy) is 1. The quantitative estimate of drug-likeness (QED) is 0.843. The van der Waals surface area contributed by atoms with Crippen molar-refractivity contribution in [1.82, 2.24) is 4.90 Å². The second kappa shape index (κ2) is 4.87. The highest BCUT2D eigenvalue weighted by atomic mass is 79.9. The monoisotopic (exact) mass is 297 g/mol. The molecule has 0 N–H and O–H groups in total. The highest BCUT2D eigenvalue weighted by Crippen LogP contribution is 2.21. The van der Waals surface area contributed by atoms with E-state index in [1.807, 2.05) is 24.3 Å². The number of imide groups is 1. The van der Waals surface area contributed by atoms with Crippen molar-refractivity contribution >= 4 is 27.9 Å². The summed E-state index contributed by atoms with van der Waals surface area (Å²) >= 11 is 3.34. The van der Waals surface area contributed by atoms with Gasteiger partial charge in [0.1, 0.15) is 6.61 Å². The van der Waals surface area contributed by atoms with Gasteiger partial charge in [-0.3, -0.25) is 4.79 Å². The number of amides is 2. The number of hydrogen-bond acceptors (Lipinski definition) is 3. The number of benzene rings is 1. The number of carbonyl (C=O) groups excluding carboxylic acids is 2. The Morgan fingerprint density at radius 2 is 2.06 bits per heavy atom. The molecule has 0 aliphatic carbocycles. The van der Waals surface area contributed by atoms with Crippen molar-refractivity contribution in [3.8, 4) is 0 Å². The van der Waals surface area contributed by atoms with Gasteiger partial charge in [0.25, 0.3) is 0 Å². The van der Waals surface area contributed by atoms with Crippen LogP contribution in [0.2, 0.25) is 0 Å². The molecular formula is C12H12BrNO3. The van der Waals surface area contributed by atoms with E-state index in [1.54, 1.807) is 6.92 Å². The smallest absolute Gasteiger partial charge is 0.416 e. The third-order valence-corrected chi connectivity index (χ3v) is 3.30. The molecule has 0 bridgehead atoms. The van der Waals surface area contributed by atoms with Crippen molar-refractivity contribution < 1.29 is 14.3 Å². The lowest BCUT2D eigenvalue weighted by Crippen LogP contribution is -2.34. The molecule has 2 rings (SSSR count). The van der Waals surface area contributed by atoms with Crippen molar-refractivity contribution in [2.45, 2.75) is 12.8 Å². The highest BCUT2D eigenvalue weighted by Gasteiger charge is 2.31. The summed E-state index contributed by atoms with van der Waals surface area (Å²) in [5.41, 5.74) is 0.887. The molecule has 1 aromatic rings. The number of carbonyl (C=O) groups is 2. The van der Waals surface area contributed by atoms with E-state index in [4.69, 9.17) is 4.74 Å². The van der Waals surface area contributed by atoms with Crippen LogP contribution in [0.25, 0.3) is 0 Å². The molecule has 2 amide bonds. The van der Waals surface area contributed by atoms with Crippen LogP contribution in [0.4, 0.5) is 4.79 Å². The molecule has 0 unspecified atom stereocenters. The van der Waals surface area contributed by atoms with E-state index in [0.29, 0.717) is 6.54 Å². The fourth-order valence-electron chi connectivity index (χ4n) is 1.72. The van der Waals surface area contributed by atoms with Crippen LogP contribution in [-0.4, -0.2) is 30.1 Å². The van der Waals surface area contributed by atoms with Crippen LogP contribution < -0.4 is 0 Å². The van der Waals surface area contributed by atoms with Crippen LogP contribution in [-0.2, 0) is 9.53 Å². The maximum absolute atomic E-state index is 12.1. The normalized spacial score (nSPS) is 16.8. The lowest BCUT2D eigenvalue weighted by molar-refractivity contribution is -0.128. The van der Waals surface area contributed by atoms with Gasteiger partial charge in [-0.25, -0.2) is 9.69 Å². The molecule has 0 aromatic heterocycles. The number of cyclic esters (lactones) is 1. The Morgan fingerprint density at radius 3 is 2.59 bits per heavy atom. The summed E-state index contributed by atoms with van der Waals surface area (Å²) in [6, 6.07) is 7.49. The van der Waals surface area contributed by atoms with Crippen molar-refractivity contribution in [2.24, 2.45) is 0 Å². The summed E-state index contributed by atoms with van der Waals surface area (Å²) < 4.78 is 5.71. The minimum absolute atomic E-state index is 0.213. The van der Waals surface area contributed by atoms with Gasteiger partial charge in [-0.1, -0.05) is 28.1 Å². The fraction of sp³-hybridized carbons (Fsp3) is 0.333. The standard InChI is InChI=1S/C12H12BrNO3/c1-8(9-2-4-10(13)5-3-9)11(15)14-6-7-17-12(14)16/h2-5,8H,6-7H2,1H3/t8-/m0/s1. The molecule has 1 atom stereocenters. The Labute approximate surface area is 108 Å². The SMILES string of the molecule is C[C@H](C(=O)N1CCOC1=O)c1ccc(Br)cc1. The van der Waals surface area contributed by atoms with Crippen molar-refractivity contribution in [3.63, 3.8) is 0 Å². The van der Waals surface area contributed by atoms with Gasteiger partial charge in [-0.15, -0.1) is 0 Å². The Hall–Kier alpha value is -1.36. The van der Waals surface area contributed by atoms with Gasteiger partial charge >= 0.3 is 6.09 Å². The number of halogens is 1. The van der Waals surface area contributed by atoms with E-state index in [1.165, 1.54) is 0 Å². The average molecular weight is 298 g/mol. The second-order valence-corrected chi connectivity index (χ2v) is 4.79. The van der Waals surface area contributed by atoms with E-state index < -0.39 is 6.09 Å². The molecule has 1 aliphatic heterocycles. The summed E-state index contributed by atoms with van der Waals surface area (Å²) in [6.45, 7) is 2.42. The van der Waals surface area contributed by atoms with Crippen LogP contribution >= 0.6 is 15.9 Å². The minimum Gasteiger partial charge on any atom is -0.447 e. The molecule has 1 heterocycles. The van der Waals surface area contributed by atoms with Gasteiger partial charge in [0.05, 0.1) is 12.5 Å². The van der Waals surface area contributed by atoms with Crippen LogP contribution in [0.15, 0.2) is 28.7 Å². The molecule has 0 radical (unpaired) electrons. The van der Waals surface area contributed by atoms with Crippen LogP contribution in [0.5, 0.6) is 0 Å². The first-order chi connectivity index (χ1) is 8.09. The zero-order valence-electron chi connectivity index (χ0n) is 9.35. The van der Waals surface area contributed by atoms with Gasteiger partial charge in [0.15, 0.2) is 0 Å². The van der Waals surface area contributed by atoms with Crippen molar-refractivity contribution in [3.05, 3.63) is 34.3 Å². The van der Waals surface area contributed by atoms with E-state index >= 15 is 0 Å². The Balaban J connectivity index is 2.14. The first kappa shape index (κ1) is 12.1. The van der Waals surface area contributed by atoms with E-state index in [-0.39, 0.29) is 18.4 Å². The Kier molecular flexibility index (Phi) is 3.47. The number of rotatable bonds is 2. The van der Waals surface area contributed by atoms with Gasteiger partial charge in [-0.2, -0.15) is 0 Å². The largest absolute Gasteiger partial charge is 0.447 e. The van der Waals surface area contributed by atoms with Gasteiger partial charge < -0.3 is 4.74 Å². The summed E-state index contributed by atoms with van der Waals surface area (Å²) in [5, 5.41) is 0. The first-order valence-corrected chi connectivity index (χ1v) is 6.12. The summed E-state index contributed by atoms with van der Waals surface area (Å²) in [6.07, 6.45) is -0.543. The molecule has 90 valence electrons. The average Bonchev–Trinajstić information content (AvgIpc) is 2.74. The first-order valence-electron chi connectivity index (χ1n) is 5.33. The number of hydrogen-bond donors (Lipinski definition) is 0. The topological polar surface area (TPSA) is 46.6 Å². The van der Waals surface area contributed by atoms with E-state index in [0.717, 1.165) is 14.9 Å². The van der Waals surface area contributed by atoms with Gasteiger partial charge in [0, 0.05) is 4.47 Å². The zero-order chi connectivity index (χ0) is 12.4. The van der Waals surface area contributed by atoms with E-state index in [9.17, 15) is 9.59 Å². The molecule has 0 saturated carbocycles. The maximum Gasteiger partial charge on any atom is 0.416 e. The van der Waals surface area contributed by atoms with Crippen molar-refractivity contribution in [1.29, 1.82) is 0 Å². The maximum atomic E-state index is 12.1. The molecule has 4 nitrogen and oxygen atoms in total. The fourth-order valence-corrected chi connectivity index (χ4v) is 1.99. The third kappa shape index (κ3) is 2.49. The summed E-state index contributed by atoms with van der Waals surface area (Å²) in [7, 11) is 0. The lowest BCUT2D eigenvalue weighted by Gasteiger charge is -2.16. The van der Waals surface area contributed by atoms with Crippen LogP contribution in [0.1, 0.15) is 18.4 Å². The number of nitrogens with zero attached hydrogens (tertiary/aromatic N) is 1. The van der Waals surface area contributed by atoms with Gasteiger partial charge in [0.2, 0.25) is 5.91 Å². The molecule has 0 spiro atoms. The Bertz CT molecular complexity index is 444. The molecular weight excluding hydrogens is 286 g/mol. The zero-order valence-corrected chi connectivity index (χ0v) is 10.9. The van der Waals surface area contributed by atoms with Crippen LogP contribution in [0.3, 0.4) is 0 Å². The van der Waals surface area contributed by atoms with Crippen LogP contribution in [0, 0.1) is 0 Å². The summed E-state index contributed by atoms with van der Waals surface area (Å²) in [4.78, 5) is 24.5. The van der Waals surface area contributed by atoms with Gasteiger partial charge in [-0.05, 0) is 24.6 Å². The Morgan fingerprint density at radius 1 is 1.41 bits per heavy atom. The molecule has 1 aromatic carbocycles. The predicted octanol–water partition coefficient (Wildman–Crippen LogP) is 2.53. The highest BCUT2D eigenvalue weighted by molar-refractivity contribution is 9.10. The third-order valence-electron chi connectivity index (χ3n) is 2.77. The minimum atomic E-state index is -0.543. The molecule has 1 saturated heterocycles. The molecule has 1 fully saturated rings.